The van der Waals surface area contributed by atoms with Gasteiger partial charge in [0.25, 0.3) is 11.8 Å². The number of nitrogens with zero attached hydrogens (tertiary/aromatic N) is 4. The first-order valence-electron chi connectivity index (χ1n) is 26.1. The normalized spacial score (nSPS) is 15.8. The van der Waals surface area contributed by atoms with Gasteiger partial charge < -0.3 is 0 Å². The van der Waals surface area contributed by atoms with Crippen LogP contribution >= 0.6 is 31.9 Å². The van der Waals surface area contributed by atoms with E-state index < -0.39 is 0 Å². The van der Waals surface area contributed by atoms with Crippen molar-refractivity contribution < 1.29 is 9.59 Å². The molecule has 4 rings (SSSR count). The molecule has 2 atom stereocenters. The number of hydrogen-bond acceptors (Lipinski definition) is 4. The Morgan fingerprint density at radius 3 is 0.935 bits per heavy atom. The number of unbranched alkanes of at least 4 members (excludes halogenated alkanes) is 24. The van der Waals surface area contributed by atoms with Crippen LogP contribution in [-0.2, 0) is 9.59 Å². The van der Waals surface area contributed by atoms with Gasteiger partial charge in [0.15, 0.2) is 0 Å². The third-order valence-corrected chi connectivity index (χ3v) is 14.5. The first-order chi connectivity index (χ1) is 30.3. The molecule has 348 valence electrons. The molecule has 0 N–H and O–H groups in total. The van der Waals surface area contributed by atoms with Crippen molar-refractivity contribution in [3.63, 3.8) is 0 Å². The first-order valence-corrected chi connectivity index (χ1v) is 27.6. The van der Waals surface area contributed by atoms with Crippen molar-refractivity contribution in [2.24, 2.45) is 11.8 Å². The minimum Gasteiger partial charge on any atom is -0.292 e. The SMILES string of the molecule is CCCCCCCCCCC(CCCCCCCC)CN1C(=O)/C(=C2\C(=O)N(CC(CCCCCCCC)CCCCCCCCCC)c3nc(Br)ccc32)c2ccc(Br)nc21. The standard InChI is InChI=1S/C54H86Br2N4O2/c1-5-9-13-17-21-23-27-31-35-43(33-29-25-19-15-11-7-3)41-59-51-45(37-39-47(55)57-51)49(53(59)61)50-46-38-40-48(56)58-52(46)60(54(50)62)42-44(34-30-26-20-16-12-8-4)36-32-28-24-22-18-14-10-6-2/h37-40,43-44H,5-36,41-42H2,1-4H3/b50-49-. The molecule has 0 saturated heterocycles. The number of pyridine rings is 2. The van der Waals surface area contributed by atoms with Crippen molar-refractivity contribution in [1.29, 1.82) is 0 Å². The summed E-state index contributed by atoms with van der Waals surface area (Å²) in [6.45, 7) is 10.4. The van der Waals surface area contributed by atoms with Crippen LogP contribution in [0.2, 0.25) is 0 Å². The summed E-state index contributed by atoms with van der Waals surface area (Å²) >= 11 is 7.29. The second-order valence-electron chi connectivity index (χ2n) is 19.0. The van der Waals surface area contributed by atoms with Crippen molar-refractivity contribution in [2.45, 2.75) is 233 Å². The van der Waals surface area contributed by atoms with E-state index in [-0.39, 0.29) is 11.8 Å². The fourth-order valence-corrected chi connectivity index (χ4v) is 10.5. The average molecular weight is 983 g/mol. The fourth-order valence-electron chi connectivity index (χ4n) is 9.90. The largest absolute Gasteiger partial charge is 0.292 e. The van der Waals surface area contributed by atoms with E-state index in [1.54, 1.807) is 0 Å². The highest BCUT2D eigenvalue weighted by molar-refractivity contribution is 9.10. The zero-order valence-electron chi connectivity index (χ0n) is 39.9. The number of carbonyl (C=O) groups excluding carboxylic acids is 2. The molecular weight excluding hydrogens is 896 g/mol. The summed E-state index contributed by atoms with van der Waals surface area (Å²) in [6.07, 6.45) is 40.5. The van der Waals surface area contributed by atoms with Gasteiger partial charge in [-0.1, -0.05) is 207 Å². The second-order valence-corrected chi connectivity index (χ2v) is 20.6. The molecule has 0 saturated carbocycles. The van der Waals surface area contributed by atoms with Crippen molar-refractivity contribution in [2.75, 3.05) is 22.9 Å². The van der Waals surface area contributed by atoms with Gasteiger partial charge in [0.05, 0.1) is 11.1 Å². The van der Waals surface area contributed by atoms with Crippen molar-refractivity contribution in [3.05, 3.63) is 44.6 Å². The van der Waals surface area contributed by atoms with Crippen LogP contribution in [0.5, 0.6) is 0 Å². The van der Waals surface area contributed by atoms with Crippen LogP contribution in [0.3, 0.4) is 0 Å². The van der Waals surface area contributed by atoms with Crippen LogP contribution in [0.4, 0.5) is 11.6 Å². The molecule has 2 aliphatic heterocycles. The maximum absolute atomic E-state index is 15.0. The smallest absolute Gasteiger partial charge is 0.261 e. The zero-order valence-corrected chi connectivity index (χ0v) is 43.0. The number of amides is 2. The highest BCUT2D eigenvalue weighted by atomic mass is 79.9. The van der Waals surface area contributed by atoms with E-state index in [1.807, 2.05) is 34.1 Å². The van der Waals surface area contributed by atoms with Gasteiger partial charge in [-0.3, -0.25) is 19.4 Å². The molecule has 2 aromatic rings. The van der Waals surface area contributed by atoms with Crippen LogP contribution in [0, 0.1) is 11.8 Å². The quantitative estimate of drug-likeness (QED) is 0.0388. The molecule has 2 amide bonds. The molecule has 8 heteroatoms. The van der Waals surface area contributed by atoms with E-state index in [0.29, 0.717) is 56.9 Å². The molecule has 0 aromatic carbocycles. The van der Waals surface area contributed by atoms with Crippen LogP contribution in [0.15, 0.2) is 33.5 Å². The van der Waals surface area contributed by atoms with E-state index in [4.69, 9.17) is 9.97 Å². The molecule has 2 aromatic heterocycles. The molecule has 6 nitrogen and oxygen atoms in total. The Kier molecular flexibility index (Phi) is 26.3. The predicted octanol–water partition coefficient (Wildman–Crippen LogP) is 17.4. The predicted molar refractivity (Wildman–Crippen MR) is 273 cm³/mol. The van der Waals surface area contributed by atoms with Crippen molar-refractivity contribution in [1.82, 2.24) is 9.97 Å². The number of carbonyl (C=O) groups is 2. The monoisotopic (exact) mass is 981 g/mol. The number of fused-ring (bicyclic) bond motifs is 2. The van der Waals surface area contributed by atoms with Crippen LogP contribution in [0.25, 0.3) is 11.1 Å². The summed E-state index contributed by atoms with van der Waals surface area (Å²) in [7, 11) is 0. The van der Waals surface area contributed by atoms with E-state index in [1.165, 1.54) is 180 Å². The number of halogens is 2. The Morgan fingerprint density at radius 1 is 0.403 bits per heavy atom. The molecular formula is C54H86Br2N4O2. The highest BCUT2D eigenvalue weighted by Crippen LogP contribution is 2.47. The highest BCUT2D eigenvalue weighted by Gasteiger charge is 2.44. The van der Waals surface area contributed by atoms with Gasteiger partial charge in [-0.05, 0) is 93.6 Å². The first kappa shape index (κ1) is 52.6. The molecule has 2 aliphatic rings. The number of rotatable bonds is 36. The number of anilines is 2. The second kappa shape index (κ2) is 31.0. The third-order valence-electron chi connectivity index (χ3n) is 13.6. The fraction of sp³-hybridized carbons (Fsp3) is 0.741. The third kappa shape index (κ3) is 17.4. The molecule has 0 bridgehead atoms. The number of aromatic nitrogens is 2. The van der Waals surface area contributed by atoms with Crippen LogP contribution in [0.1, 0.15) is 244 Å². The lowest BCUT2D eigenvalue weighted by Gasteiger charge is -2.24. The molecule has 0 fully saturated rings. The van der Waals surface area contributed by atoms with Crippen molar-refractivity contribution in [3.8, 4) is 0 Å². The van der Waals surface area contributed by atoms with Gasteiger partial charge >= 0.3 is 0 Å². The molecule has 0 radical (unpaired) electrons. The van der Waals surface area contributed by atoms with Gasteiger partial charge in [-0.2, -0.15) is 0 Å². The van der Waals surface area contributed by atoms with Crippen molar-refractivity contribution >= 4 is 66.5 Å². The molecule has 62 heavy (non-hydrogen) atoms. The Bertz CT molecular complexity index is 1510. The summed E-state index contributed by atoms with van der Waals surface area (Å²) in [4.78, 5) is 43.9. The van der Waals surface area contributed by atoms with E-state index in [2.05, 4.69) is 59.6 Å². The molecule has 0 spiro atoms. The lowest BCUT2D eigenvalue weighted by molar-refractivity contribution is -0.114. The van der Waals surface area contributed by atoms with Gasteiger partial charge in [0.1, 0.15) is 20.8 Å². The Morgan fingerprint density at radius 2 is 0.661 bits per heavy atom. The van der Waals surface area contributed by atoms with Gasteiger partial charge in [0, 0.05) is 24.2 Å². The Balaban J connectivity index is 1.57. The lowest BCUT2D eigenvalue weighted by Crippen LogP contribution is -2.34. The summed E-state index contributed by atoms with van der Waals surface area (Å²) in [5.74, 6) is 1.98. The Labute approximate surface area is 396 Å². The molecule has 0 aliphatic carbocycles. The van der Waals surface area contributed by atoms with Crippen LogP contribution < -0.4 is 9.80 Å². The number of hydrogen-bond donors (Lipinski definition) is 0. The summed E-state index contributed by atoms with van der Waals surface area (Å²) in [5, 5.41) is 0. The van der Waals surface area contributed by atoms with Gasteiger partial charge in [-0.15, -0.1) is 0 Å². The molecule has 4 heterocycles. The van der Waals surface area contributed by atoms with E-state index in [9.17, 15) is 0 Å². The maximum atomic E-state index is 15.0. The summed E-state index contributed by atoms with van der Waals surface area (Å²) in [5.41, 5.74) is 2.54. The molecule has 2 unspecified atom stereocenters. The minimum absolute atomic E-state index is 0.0869. The zero-order chi connectivity index (χ0) is 44.4. The lowest BCUT2D eigenvalue weighted by atomic mass is 9.93. The minimum atomic E-state index is -0.0869. The van der Waals surface area contributed by atoms with Gasteiger partial charge in [0.2, 0.25) is 0 Å². The van der Waals surface area contributed by atoms with Crippen LogP contribution in [-0.4, -0.2) is 34.9 Å². The van der Waals surface area contributed by atoms with E-state index >= 15 is 9.59 Å². The topological polar surface area (TPSA) is 66.4 Å². The maximum Gasteiger partial charge on any atom is 0.261 e. The summed E-state index contributed by atoms with van der Waals surface area (Å²) < 4.78 is 1.42. The Hall–Kier alpha value is -2.06. The van der Waals surface area contributed by atoms with Gasteiger partial charge in [-0.25, -0.2) is 9.97 Å². The van der Waals surface area contributed by atoms with E-state index in [0.717, 1.165) is 36.8 Å². The average Bonchev–Trinajstić information content (AvgIpc) is 3.68. The summed E-state index contributed by atoms with van der Waals surface area (Å²) in [6, 6.07) is 7.84.